The van der Waals surface area contributed by atoms with Crippen LogP contribution in [0.4, 0.5) is 0 Å². The molecule has 1 N–H and O–H groups in total. The van der Waals surface area contributed by atoms with Gasteiger partial charge in [0.2, 0.25) is 0 Å². The lowest BCUT2D eigenvalue weighted by atomic mass is 9.43. The van der Waals surface area contributed by atoms with Crippen LogP contribution in [0.1, 0.15) is 96.6 Å². The Balaban J connectivity index is 1.10. The normalized spacial score (nSPS) is 41.3. The summed E-state index contributed by atoms with van der Waals surface area (Å²) in [6.07, 6.45) is 12.5. The zero-order valence-corrected chi connectivity index (χ0v) is 28.3. The largest absolute Gasteiger partial charge is 0.396 e. The number of rotatable bonds is 12. The fourth-order valence-electron chi connectivity index (χ4n) is 11.5. The zero-order valence-electron chi connectivity index (χ0n) is 28.3. The Kier molecular flexibility index (Phi) is 9.24. The maximum absolute atomic E-state index is 9.54. The van der Waals surface area contributed by atoms with Crippen LogP contribution >= 0.6 is 0 Å². The molecule has 0 bridgehead atoms. The summed E-state index contributed by atoms with van der Waals surface area (Å²) in [5.41, 5.74) is 3.19. The number of aliphatic hydroxyl groups is 1. The van der Waals surface area contributed by atoms with E-state index >= 15 is 0 Å². The van der Waals surface area contributed by atoms with Crippen molar-refractivity contribution < 1.29 is 19.3 Å². The molecule has 1 heterocycles. The summed E-state index contributed by atoms with van der Waals surface area (Å²) in [6.45, 7) is 11.7. The van der Waals surface area contributed by atoms with Gasteiger partial charge in [-0.2, -0.15) is 0 Å². The Morgan fingerprint density at radius 3 is 2.16 bits per heavy atom. The fourth-order valence-corrected chi connectivity index (χ4v) is 11.5. The number of fused-ring (bicyclic) bond motifs is 7. The van der Waals surface area contributed by atoms with E-state index < -0.39 is 0 Å². The van der Waals surface area contributed by atoms with Crippen LogP contribution in [-0.2, 0) is 27.4 Å². The zero-order chi connectivity index (χ0) is 31.2. The fraction of sp³-hybridized carbons (Fsp3) is 0.707. The molecule has 1 saturated heterocycles. The topological polar surface area (TPSA) is 51.2 Å². The Morgan fingerprint density at radius 2 is 1.47 bits per heavy atom. The second kappa shape index (κ2) is 13.1. The summed E-state index contributed by atoms with van der Waals surface area (Å²) in [6, 6.07) is 21.5. The third-order valence-corrected chi connectivity index (χ3v) is 13.9. The van der Waals surface area contributed by atoms with E-state index in [0.717, 1.165) is 25.2 Å². The van der Waals surface area contributed by atoms with Crippen molar-refractivity contribution in [2.75, 3.05) is 6.61 Å². The highest BCUT2D eigenvalue weighted by atomic mass is 16.6. The van der Waals surface area contributed by atoms with Gasteiger partial charge in [-0.15, -0.1) is 0 Å². The van der Waals surface area contributed by atoms with Crippen molar-refractivity contribution in [3.63, 3.8) is 0 Å². The Hall–Kier alpha value is -1.72. The monoisotopic (exact) mass is 614 g/mol. The number of hydrogen-bond donors (Lipinski definition) is 1. The van der Waals surface area contributed by atoms with Crippen LogP contribution in [0.15, 0.2) is 60.7 Å². The molecular weight excluding hydrogens is 556 g/mol. The molecule has 2 aromatic carbocycles. The van der Waals surface area contributed by atoms with Crippen molar-refractivity contribution in [3.8, 4) is 0 Å². The molecule has 4 heteroatoms. The van der Waals surface area contributed by atoms with Gasteiger partial charge < -0.3 is 19.3 Å². The first-order chi connectivity index (χ1) is 21.8. The SMILES string of the molecule is C[C@@H](CO)CCC[C@@H](C)[C@H]1[C@H]2O[C@H]2[C@H]2[C@@H]3C[C@@H](OCc4ccccc4)[C@H]4C[C@@H](OCc5ccccc5)CC[C@]4(C)[C@H]3CC[C@@]21C. The molecule has 13 atom stereocenters. The first kappa shape index (κ1) is 31.9. The highest BCUT2D eigenvalue weighted by Gasteiger charge is 2.73. The van der Waals surface area contributed by atoms with Crippen LogP contribution in [0.25, 0.3) is 0 Å². The Labute approximate surface area is 272 Å². The summed E-state index contributed by atoms with van der Waals surface area (Å²) in [5, 5.41) is 9.54. The van der Waals surface area contributed by atoms with Crippen molar-refractivity contribution in [2.24, 2.45) is 52.3 Å². The first-order valence-electron chi connectivity index (χ1n) is 18.4. The number of aliphatic hydroxyl groups excluding tert-OH is 1. The van der Waals surface area contributed by atoms with E-state index in [1.54, 1.807) is 0 Å². The molecule has 5 fully saturated rings. The molecule has 0 radical (unpaired) electrons. The average molecular weight is 615 g/mol. The lowest BCUT2D eigenvalue weighted by Crippen LogP contribution is -2.60. The minimum atomic E-state index is 0.260. The summed E-state index contributed by atoms with van der Waals surface area (Å²) >= 11 is 0. The highest BCUT2D eigenvalue weighted by Crippen LogP contribution is 2.72. The highest BCUT2D eigenvalue weighted by molar-refractivity contribution is 5.21. The van der Waals surface area contributed by atoms with Crippen molar-refractivity contribution >= 4 is 0 Å². The first-order valence-corrected chi connectivity index (χ1v) is 18.4. The van der Waals surface area contributed by atoms with Gasteiger partial charge in [0.25, 0.3) is 0 Å². The predicted molar refractivity (Wildman–Crippen MR) is 179 cm³/mol. The van der Waals surface area contributed by atoms with Gasteiger partial charge in [0.1, 0.15) is 0 Å². The quantitative estimate of drug-likeness (QED) is 0.243. The molecule has 4 nitrogen and oxygen atoms in total. The molecular formula is C41H58O4. The molecule has 45 heavy (non-hydrogen) atoms. The van der Waals surface area contributed by atoms with Crippen LogP contribution in [-0.4, -0.2) is 36.1 Å². The van der Waals surface area contributed by atoms with Gasteiger partial charge in [0.15, 0.2) is 0 Å². The van der Waals surface area contributed by atoms with Gasteiger partial charge in [-0.05, 0) is 108 Å². The van der Waals surface area contributed by atoms with Crippen molar-refractivity contribution in [2.45, 2.75) is 123 Å². The van der Waals surface area contributed by atoms with Crippen LogP contribution in [0, 0.1) is 52.3 Å². The van der Waals surface area contributed by atoms with Crippen molar-refractivity contribution in [3.05, 3.63) is 71.8 Å². The van der Waals surface area contributed by atoms with Crippen molar-refractivity contribution in [1.82, 2.24) is 0 Å². The molecule has 4 saturated carbocycles. The predicted octanol–water partition coefficient (Wildman–Crippen LogP) is 8.85. The van der Waals surface area contributed by atoms with Gasteiger partial charge >= 0.3 is 0 Å². The lowest BCUT2D eigenvalue weighted by Gasteiger charge is -2.63. The molecule has 5 aliphatic rings. The van der Waals surface area contributed by atoms with Crippen LogP contribution in [0.5, 0.6) is 0 Å². The molecule has 1 aliphatic heterocycles. The summed E-state index contributed by atoms with van der Waals surface area (Å²) in [7, 11) is 0. The third kappa shape index (κ3) is 6.07. The Bertz CT molecular complexity index is 1250. The number of benzene rings is 2. The van der Waals surface area contributed by atoms with Gasteiger partial charge in [-0.1, -0.05) is 101 Å². The molecule has 4 aliphatic carbocycles. The number of hydrogen-bond acceptors (Lipinski definition) is 4. The lowest BCUT2D eigenvalue weighted by molar-refractivity contribution is -0.201. The molecule has 0 spiro atoms. The second-order valence-electron chi connectivity index (χ2n) is 16.5. The molecule has 246 valence electrons. The smallest absolute Gasteiger partial charge is 0.0881 e. The number of ether oxygens (including phenoxy) is 3. The molecule has 0 amide bonds. The van der Waals surface area contributed by atoms with Gasteiger partial charge in [-0.25, -0.2) is 0 Å². The van der Waals surface area contributed by atoms with Crippen LogP contribution in [0.2, 0.25) is 0 Å². The third-order valence-electron chi connectivity index (χ3n) is 13.9. The standard InChI is InChI=1S/C41H58O4/c1-27(24-42)12-11-13-28(2)36-38-39(45-38)37-32-23-35(44-26-30-16-9-6-10-17-30)34-22-31(43-25-29-14-7-5-8-15-29)18-20-40(34,3)33(32)19-21-41(36,37)4/h5-10,14-17,27-28,31-39,42H,11-13,18-26H2,1-4H3/t27-,28-,31+,32-,33+,34-,35-,36+,37-,38-,39+,40-,41-/m1/s1. The molecule has 0 aromatic heterocycles. The number of epoxide rings is 1. The van der Waals surface area contributed by atoms with Crippen LogP contribution in [0.3, 0.4) is 0 Å². The maximum atomic E-state index is 9.54. The maximum Gasteiger partial charge on any atom is 0.0881 e. The Morgan fingerprint density at radius 1 is 0.800 bits per heavy atom. The van der Waals surface area contributed by atoms with Crippen molar-refractivity contribution in [1.29, 1.82) is 0 Å². The molecule has 2 aromatic rings. The van der Waals surface area contributed by atoms with E-state index in [0.29, 0.717) is 79.1 Å². The van der Waals surface area contributed by atoms with E-state index in [4.69, 9.17) is 14.2 Å². The molecule has 7 rings (SSSR count). The summed E-state index contributed by atoms with van der Waals surface area (Å²) in [4.78, 5) is 0. The van der Waals surface area contributed by atoms with E-state index in [1.165, 1.54) is 49.7 Å². The van der Waals surface area contributed by atoms with Crippen LogP contribution < -0.4 is 0 Å². The summed E-state index contributed by atoms with van der Waals surface area (Å²) in [5.74, 6) is 4.35. The van der Waals surface area contributed by atoms with Gasteiger partial charge in [0.05, 0.1) is 37.6 Å². The van der Waals surface area contributed by atoms with E-state index in [-0.39, 0.29) is 11.5 Å². The van der Waals surface area contributed by atoms with Gasteiger partial charge in [0, 0.05) is 6.61 Å². The minimum absolute atomic E-state index is 0.260. The van der Waals surface area contributed by atoms with Gasteiger partial charge in [-0.3, -0.25) is 0 Å². The van der Waals surface area contributed by atoms with E-state index in [9.17, 15) is 5.11 Å². The average Bonchev–Trinajstić information content (AvgIpc) is 3.76. The minimum Gasteiger partial charge on any atom is -0.396 e. The molecule has 0 unspecified atom stereocenters. The van der Waals surface area contributed by atoms with E-state index in [1.807, 2.05) is 0 Å². The second-order valence-corrected chi connectivity index (χ2v) is 16.5. The summed E-state index contributed by atoms with van der Waals surface area (Å²) < 4.78 is 20.3. The van der Waals surface area contributed by atoms with E-state index in [2.05, 4.69) is 88.4 Å².